The second-order valence-corrected chi connectivity index (χ2v) is 3.92. The Bertz CT molecular complexity index is 675. The van der Waals surface area contributed by atoms with Crippen LogP contribution in [0.2, 0.25) is 0 Å². The van der Waals surface area contributed by atoms with E-state index < -0.39 is 0 Å². The summed E-state index contributed by atoms with van der Waals surface area (Å²) in [5, 5.41) is 20.6. The summed E-state index contributed by atoms with van der Waals surface area (Å²) in [4.78, 5) is 12.0. The molecule has 19 heavy (non-hydrogen) atoms. The van der Waals surface area contributed by atoms with Gasteiger partial charge in [0.05, 0.1) is 23.0 Å². The van der Waals surface area contributed by atoms with Crippen LogP contribution in [-0.4, -0.2) is 11.0 Å². The summed E-state index contributed by atoms with van der Waals surface area (Å²) in [6.07, 6.45) is 0. The van der Waals surface area contributed by atoms with E-state index in [1.165, 1.54) is 24.3 Å². The maximum absolute atomic E-state index is 12.0. The van der Waals surface area contributed by atoms with E-state index in [4.69, 9.17) is 11.0 Å². The maximum atomic E-state index is 12.0. The molecule has 2 rings (SSSR count). The smallest absolute Gasteiger partial charge is 0.255 e. The second kappa shape index (κ2) is 5.10. The molecule has 0 aromatic heterocycles. The van der Waals surface area contributed by atoms with Crippen molar-refractivity contribution in [3.8, 4) is 11.8 Å². The molecule has 5 nitrogen and oxygen atoms in total. The minimum Gasteiger partial charge on any atom is -0.508 e. The van der Waals surface area contributed by atoms with Gasteiger partial charge in [-0.2, -0.15) is 5.26 Å². The van der Waals surface area contributed by atoms with Crippen molar-refractivity contribution in [1.29, 1.82) is 5.26 Å². The summed E-state index contributed by atoms with van der Waals surface area (Å²) in [5.74, 6) is -0.337. The number of hydrogen-bond donors (Lipinski definition) is 3. The van der Waals surface area contributed by atoms with Gasteiger partial charge in [-0.3, -0.25) is 4.79 Å². The van der Waals surface area contributed by atoms with Crippen LogP contribution in [0, 0.1) is 11.3 Å². The number of phenols is 1. The molecular formula is C14H11N3O2. The first-order valence-electron chi connectivity index (χ1n) is 5.50. The summed E-state index contributed by atoms with van der Waals surface area (Å²) >= 11 is 0. The monoisotopic (exact) mass is 253 g/mol. The van der Waals surface area contributed by atoms with E-state index in [1.807, 2.05) is 6.07 Å². The Kier molecular flexibility index (Phi) is 3.35. The van der Waals surface area contributed by atoms with E-state index in [0.29, 0.717) is 16.8 Å². The first-order valence-corrected chi connectivity index (χ1v) is 5.50. The lowest BCUT2D eigenvalue weighted by Gasteiger charge is -2.08. The number of amides is 1. The van der Waals surface area contributed by atoms with Gasteiger partial charge in [0.2, 0.25) is 0 Å². The summed E-state index contributed by atoms with van der Waals surface area (Å²) < 4.78 is 0. The molecule has 0 atom stereocenters. The van der Waals surface area contributed by atoms with Crippen molar-refractivity contribution in [2.75, 3.05) is 11.1 Å². The fourth-order valence-corrected chi connectivity index (χ4v) is 1.59. The van der Waals surface area contributed by atoms with E-state index in [1.54, 1.807) is 18.2 Å². The predicted molar refractivity (Wildman–Crippen MR) is 71.6 cm³/mol. The van der Waals surface area contributed by atoms with Crippen molar-refractivity contribution >= 4 is 17.3 Å². The molecule has 0 saturated heterocycles. The van der Waals surface area contributed by atoms with E-state index in [9.17, 15) is 9.90 Å². The highest BCUT2D eigenvalue weighted by Gasteiger charge is 2.09. The Hall–Kier alpha value is -3.00. The minimum atomic E-state index is -0.366. The molecule has 0 unspecified atom stereocenters. The Morgan fingerprint density at radius 3 is 2.74 bits per heavy atom. The number of phenolic OH excluding ortho intramolecular Hbond substituents is 1. The highest BCUT2D eigenvalue weighted by Crippen LogP contribution is 2.23. The number of nitrogen functional groups attached to an aromatic ring is 1. The lowest BCUT2D eigenvalue weighted by atomic mass is 10.1. The molecule has 4 N–H and O–H groups in total. The maximum Gasteiger partial charge on any atom is 0.255 e. The average molecular weight is 253 g/mol. The third-order valence-corrected chi connectivity index (χ3v) is 2.54. The van der Waals surface area contributed by atoms with Gasteiger partial charge in [0.1, 0.15) is 5.75 Å². The molecule has 0 radical (unpaired) electrons. The lowest BCUT2D eigenvalue weighted by molar-refractivity contribution is 0.102. The molecule has 2 aromatic carbocycles. The number of aromatic hydroxyl groups is 1. The average Bonchev–Trinajstić information content (AvgIpc) is 2.42. The van der Waals surface area contributed by atoms with Crippen molar-refractivity contribution in [2.24, 2.45) is 0 Å². The number of nitrogens with zero attached hydrogens (tertiary/aromatic N) is 1. The molecule has 2 aromatic rings. The molecular weight excluding hydrogens is 242 g/mol. The Morgan fingerprint density at radius 1 is 1.26 bits per heavy atom. The van der Waals surface area contributed by atoms with Crippen LogP contribution < -0.4 is 11.1 Å². The van der Waals surface area contributed by atoms with Gasteiger partial charge in [0.25, 0.3) is 5.91 Å². The Labute approximate surface area is 109 Å². The number of anilines is 2. The molecule has 0 heterocycles. The Balaban J connectivity index is 2.23. The molecule has 5 heteroatoms. The van der Waals surface area contributed by atoms with E-state index in [-0.39, 0.29) is 17.3 Å². The molecule has 0 aliphatic heterocycles. The number of carbonyl (C=O) groups is 1. The van der Waals surface area contributed by atoms with Crippen molar-refractivity contribution in [3.63, 3.8) is 0 Å². The number of nitriles is 1. The fourth-order valence-electron chi connectivity index (χ4n) is 1.59. The largest absolute Gasteiger partial charge is 0.508 e. The number of hydrogen-bond acceptors (Lipinski definition) is 4. The lowest BCUT2D eigenvalue weighted by Crippen LogP contribution is -2.13. The molecule has 0 bridgehead atoms. The van der Waals surface area contributed by atoms with E-state index >= 15 is 0 Å². The predicted octanol–water partition coefficient (Wildman–Crippen LogP) is 2.10. The fraction of sp³-hybridized carbons (Fsp3) is 0. The quantitative estimate of drug-likeness (QED) is 0.563. The highest BCUT2D eigenvalue weighted by atomic mass is 16.3. The number of nitrogens with one attached hydrogen (secondary N) is 1. The summed E-state index contributed by atoms with van der Waals surface area (Å²) in [7, 11) is 0. The van der Waals surface area contributed by atoms with Crippen molar-refractivity contribution in [1.82, 2.24) is 0 Å². The number of benzene rings is 2. The zero-order chi connectivity index (χ0) is 13.8. The molecule has 0 aliphatic rings. The van der Waals surface area contributed by atoms with Crippen LogP contribution >= 0.6 is 0 Å². The van der Waals surface area contributed by atoms with Gasteiger partial charge in [-0.1, -0.05) is 6.07 Å². The SMILES string of the molecule is N#Cc1cccc(C(=O)Nc2ccc(O)cc2N)c1. The van der Waals surface area contributed by atoms with Crippen LogP contribution in [0.1, 0.15) is 15.9 Å². The summed E-state index contributed by atoms with van der Waals surface area (Å²) in [5.41, 5.74) is 7.13. The first kappa shape index (κ1) is 12.5. The van der Waals surface area contributed by atoms with Crippen LogP contribution in [0.4, 0.5) is 11.4 Å². The topological polar surface area (TPSA) is 99.1 Å². The third kappa shape index (κ3) is 2.82. The van der Waals surface area contributed by atoms with Crippen LogP contribution in [0.15, 0.2) is 42.5 Å². The van der Waals surface area contributed by atoms with Crippen molar-refractivity contribution in [3.05, 3.63) is 53.6 Å². The van der Waals surface area contributed by atoms with Crippen molar-refractivity contribution in [2.45, 2.75) is 0 Å². The van der Waals surface area contributed by atoms with Crippen LogP contribution in [0.25, 0.3) is 0 Å². The van der Waals surface area contributed by atoms with Gasteiger partial charge in [0, 0.05) is 11.6 Å². The van der Waals surface area contributed by atoms with Gasteiger partial charge in [-0.15, -0.1) is 0 Å². The number of carbonyl (C=O) groups excluding carboxylic acids is 1. The Morgan fingerprint density at radius 2 is 2.05 bits per heavy atom. The van der Waals surface area contributed by atoms with Crippen molar-refractivity contribution < 1.29 is 9.90 Å². The van der Waals surface area contributed by atoms with Gasteiger partial charge in [-0.25, -0.2) is 0 Å². The van der Waals surface area contributed by atoms with Crippen LogP contribution in [0.5, 0.6) is 5.75 Å². The molecule has 0 spiro atoms. The number of nitrogens with two attached hydrogens (primary N) is 1. The zero-order valence-electron chi connectivity index (χ0n) is 9.92. The van der Waals surface area contributed by atoms with Gasteiger partial charge in [-0.05, 0) is 30.3 Å². The van der Waals surface area contributed by atoms with Gasteiger partial charge in [0.15, 0.2) is 0 Å². The first-order chi connectivity index (χ1) is 9.10. The molecule has 0 aliphatic carbocycles. The van der Waals surface area contributed by atoms with Gasteiger partial charge < -0.3 is 16.2 Å². The zero-order valence-corrected chi connectivity index (χ0v) is 9.92. The molecule has 1 amide bonds. The third-order valence-electron chi connectivity index (χ3n) is 2.54. The van der Waals surface area contributed by atoms with Crippen LogP contribution in [0.3, 0.4) is 0 Å². The van der Waals surface area contributed by atoms with E-state index in [2.05, 4.69) is 5.32 Å². The number of rotatable bonds is 2. The summed E-state index contributed by atoms with van der Waals surface area (Å²) in [6, 6.07) is 12.6. The molecule has 94 valence electrons. The summed E-state index contributed by atoms with van der Waals surface area (Å²) in [6.45, 7) is 0. The van der Waals surface area contributed by atoms with Gasteiger partial charge >= 0.3 is 0 Å². The normalized spacial score (nSPS) is 9.63. The highest BCUT2D eigenvalue weighted by molar-refractivity contribution is 6.05. The standard InChI is InChI=1S/C14H11N3O2/c15-8-9-2-1-3-10(6-9)14(19)17-13-5-4-11(18)7-12(13)16/h1-7,18H,16H2,(H,17,19). The van der Waals surface area contributed by atoms with E-state index in [0.717, 1.165) is 0 Å². The second-order valence-electron chi connectivity index (χ2n) is 3.92. The van der Waals surface area contributed by atoms with Crippen LogP contribution in [-0.2, 0) is 0 Å². The molecule has 0 fully saturated rings. The minimum absolute atomic E-state index is 0.0296. The molecule has 0 saturated carbocycles.